The summed E-state index contributed by atoms with van der Waals surface area (Å²) >= 11 is 5.72. The third-order valence-electron chi connectivity index (χ3n) is 2.20. The van der Waals surface area contributed by atoms with E-state index in [0.29, 0.717) is 24.6 Å². The van der Waals surface area contributed by atoms with Crippen LogP contribution in [0, 0.1) is 0 Å². The number of rotatable bonds is 5. The maximum atomic E-state index is 11.5. The van der Waals surface area contributed by atoms with E-state index in [0.717, 1.165) is 0 Å². The van der Waals surface area contributed by atoms with Gasteiger partial charge in [-0.15, -0.1) is 0 Å². The predicted molar refractivity (Wildman–Crippen MR) is 61.1 cm³/mol. The zero-order valence-corrected chi connectivity index (χ0v) is 10.2. The number of hydrogen-bond donors (Lipinski definition) is 1. The number of esters is 1. The molecule has 0 bridgehead atoms. The molecule has 0 aliphatic rings. The summed E-state index contributed by atoms with van der Waals surface area (Å²) in [6.45, 7) is 4.26. The number of aromatic nitrogens is 2. The lowest BCUT2D eigenvalue weighted by Gasteiger charge is -2.21. The molecule has 0 radical (unpaired) electrons. The normalized spacial score (nSPS) is 14.5. The lowest BCUT2D eigenvalue weighted by molar-refractivity contribution is -0.149. The third kappa shape index (κ3) is 3.50. The van der Waals surface area contributed by atoms with Crippen molar-refractivity contribution in [2.75, 3.05) is 6.61 Å². The van der Waals surface area contributed by atoms with Crippen LogP contribution in [0.15, 0.2) is 12.4 Å². The Labute approximate surface area is 99.5 Å². The smallest absolute Gasteiger partial charge is 0.325 e. The van der Waals surface area contributed by atoms with Crippen molar-refractivity contribution in [3.05, 3.63) is 17.4 Å². The average Bonchev–Trinajstić information content (AvgIpc) is 2.62. The number of nitrogens with two attached hydrogens (primary N) is 1. The van der Waals surface area contributed by atoms with E-state index in [2.05, 4.69) is 5.10 Å². The lowest BCUT2D eigenvalue weighted by atomic mass is 10.00. The summed E-state index contributed by atoms with van der Waals surface area (Å²) in [5.74, 6) is -0.395. The van der Waals surface area contributed by atoms with Gasteiger partial charge in [-0.3, -0.25) is 9.48 Å². The molecule has 0 saturated heterocycles. The van der Waals surface area contributed by atoms with E-state index >= 15 is 0 Å². The van der Waals surface area contributed by atoms with Gasteiger partial charge in [0, 0.05) is 12.7 Å². The van der Waals surface area contributed by atoms with Gasteiger partial charge >= 0.3 is 5.97 Å². The molecule has 1 heterocycles. The Kier molecular flexibility index (Phi) is 4.32. The van der Waals surface area contributed by atoms with Crippen LogP contribution in [0.1, 0.15) is 20.3 Å². The van der Waals surface area contributed by atoms with Crippen LogP contribution in [0.2, 0.25) is 5.02 Å². The molecule has 90 valence electrons. The average molecular weight is 246 g/mol. The Morgan fingerprint density at radius 1 is 1.75 bits per heavy atom. The number of carbonyl (C=O) groups excluding carboxylic acids is 1. The molecule has 1 rings (SSSR count). The molecule has 1 aromatic heterocycles. The first-order chi connectivity index (χ1) is 7.45. The summed E-state index contributed by atoms with van der Waals surface area (Å²) < 4.78 is 6.53. The van der Waals surface area contributed by atoms with E-state index in [9.17, 15) is 4.79 Å². The molecule has 1 atom stereocenters. The van der Waals surface area contributed by atoms with E-state index in [1.807, 2.05) is 0 Å². The van der Waals surface area contributed by atoms with Crippen LogP contribution in [-0.2, 0) is 16.1 Å². The van der Waals surface area contributed by atoms with Gasteiger partial charge < -0.3 is 10.5 Å². The second kappa shape index (κ2) is 5.32. The lowest BCUT2D eigenvalue weighted by Crippen LogP contribution is -2.46. The van der Waals surface area contributed by atoms with Crippen LogP contribution in [0.25, 0.3) is 0 Å². The van der Waals surface area contributed by atoms with Gasteiger partial charge in [0.1, 0.15) is 5.54 Å². The van der Waals surface area contributed by atoms with E-state index in [-0.39, 0.29) is 0 Å². The Balaban J connectivity index is 2.50. The topological polar surface area (TPSA) is 70.1 Å². The van der Waals surface area contributed by atoms with Crippen molar-refractivity contribution in [3.8, 4) is 0 Å². The molecule has 6 heteroatoms. The van der Waals surface area contributed by atoms with Gasteiger partial charge in [-0.25, -0.2) is 0 Å². The summed E-state index contributed by atoms with van der Waals surface area (Å²) in [7, 11) is 0. The monoisotopic (exact) mass is 245 g/mol. The number of ether oxygens (including phenoxy) is 1. The highest BCUT2D eigenvalue weighted by Crippen LogP contribution is 2.11. The molecule has 16 heavy (non-hydrogen) atoms. The highest BCUT2D eigenvalue weighted by atomic mass is 35.5. The van der Waals surface area contributed by atoms with Crippen LogP contribution in [0.3, 0.4) is 0 Å². The molecular weight excluding hydrogens is 230 g/mol. The van der Waals surface area contributed by atoms with Crippen molar-refractivity contribution in [2.24, 2.45) is 5.73 Å². The van der Waals surface area contributed by atoms with E-state index in [1.54, 1.807) is 30.9 Å². The Bertz CT molecular complexity index is 363. The van der Waals surface area contributed by atoms with Gasteiger partial charge in [0.05, 0.1) is 17.8 Å². The number of carbonyl (C=O) groups is 1. The zero-order chi connectivity index (χ0) is 12.2. The Hall–Kier alpha value is -1.07. The highest BCUT2D eigenvalue weighted by molar-refractivity contribution is 6.30. The minimum atomic E-state index is -0.992. The quantitative estimate of drug-likeness (QED) is 0.792. The van der Waals surface area contributed by atoms with Gasteiger partial charge in [-0.2, -0.15) is 5.10 Å². The molecule has 0 aliphatic heterocycles. The Morgan fingerprint density at radius 3 is 2.94 bits per heavy atom. The van der Waals surface area contributed by atoms with Crippen molar-refractivity contribution >= 4 is 17.6 Å². The van der Waals surface area contributed by atoms with Gasteiger partial charge in [0.25, 0.3) is 0 Å². The van der Waals surface area contributed by atoms with Crippen LogP contribution in [0.4, 0.5) is 0 Å². The second-order valence-corrected chi connectivity index (χ2v) is 4.25. The third-order valence-corrected chi connectivity index (χ3v) is 2.40. The van der Waals surface area contributed by atoms with Crippen LogP contribution < -0.4 is 5.73 Å². The molecule has 1 aromatic rings. The van der Waals surface area contributed by atoms with Crippen molar-refractivity contribution in [1.82, 2.24) is 9.78 Å². The van der Waals surface area contributed by atoms with Crippen molar-refractivity contribution in [3.63, 3.8) is 0 Å². The predicted octanol–water partition coefficient (Wildman–Crippen LogP) is 1.21. The van der Waals surface area contributed by atoms with Gasteiger partial charge in [0.15, 0.2) is 0 Å². The van der Waals surface area contributed by atoms with E-state index in [1.165, 1.54) is 0 Å². The number of nitrogens with zero attached hydrogens (tertiary/aromatic N) is 2. The van der Waals surface area contributed by atoms with Crippen LogP contribution in [0.5, 0.6) is 0 Å². The first kappa shape index (κ1) is 13.0. The molecule has 1 unspecified atom stereocenters. The van der Waals surface area contributed by atoms with Crippen molar-refractivity contribution < 1.29 is 9.53 Å². The number of halogens is 1. The minimum Gasteiger partial charge on any atom is -0.465 e. The number of aryl methyl sites for hydroxylation is 1. The molecule has 0 aromatic carbocycles. The maximum absolute atomic E-state index is 11.5. The number of hydrogen-bond acceptors (Lipinski definition) is 4. The molecule has 0 amide bonds. The molecular formula is C10H16ClN3O2. The standard InChI is InChI=1S/C10H16ClN3O2/c1-3-16-9(15)10(2,12)4-5-14-7-8(11)6-13-14/h6-7H,3-5,12H2,1-2H3. The maximum Gasteiger partial charge on any atom is 0.325 e. The molecule has 0 aliphatic carbocycles. The van der Waals surface area contributed by atoms with Crippen LogP contribution >= 0.6 is 11.6 Å². The summed E-state index contributed by atoms with van der Waals surface area (Å²) in [5.41, 5.74) is 4.86. The van der Waals surface area contributed by atoms with Crippen molar-refractivity contribution in [1.29, 1.82) is 0 Å². The second-order valence-electron chi connectivity index (χ2n) is 3.81. The molecule has 0 saturated carbocycles. The fraction of sp³-hybridized carbons (Fsp3) is 0.600. The first-order valence-electron chi connectivity index (χ1n) is 5.10. The van der Waals surface area contributed by atoms with Gasteiger partial charge in [0.2, 0.25) is 0 Å². The molecule has 0 spiro atoms. The summed E-state index contributed by atoms with van der Waals surface area (Å²) in [4.78, 5) is 11.5. The molecule has 2 N–H and O–H groups in total. The first-order valence-corrected chi connectivity index (χ1v) is 5.47. The summed E-state index contributed by atoms with van der Waals surface area (Å²) in [6, 6.07) is 0. The molecule has 0 fully saturated rings. The van der Waals surface area contributed by atoms with Gasteiger partial charge in [-0.1, -0.05) is 11.6 Å². The van der Waals surface area contributed by atoms with Crippen molar-refractivity contribution in [2.45, 2.75) is 32.4 Å². The van der Waals surface area contributed by atoms with Crippen LogP contribution in [-0.4, -0.2) is 27.9 Å². The Morgan fingerprint density at radius 2 is 2.44 bits per heavy atom. The van der Waals surface area contributed by atoms with E-state index in [4.69, 9.17) is 22.1 Å². The zero-order valence-electron chi connectivity index (χ0n) is 9.44. The minimum absolute atomic E-state index is 0.333. The SMILES string of the molecule is CCOC(=O)C(C)(N)CCn1cc(Cl)cn1. The largest absolute Gasteiger partial charge is 0.465 e. The summed E-state index contributed by atoms with van der Waals surface area (Å²) in [5, 5.41) is 4.57. The highest BCUT2D eigenvalue weighted by Gasteiger charge is 2.29. The fourth-order valence-corrected chi connectivity index (χ4v) is 1.36. The molecule has 5 nitrogen and oxygen atoms in total. The summed E-state index contributed by atoms with van der Waals surface area (Å²) in [6.07, 6.45) is 3.67. The van der Waals surface area contributed by atoms with Gasteiger partial charge in [-0.05, 0) is 20.3 Å². The van der Waals surface area contributed by atoms with E-state index < -0.39 is 11.5 Å². The fourth-order valence-electron chi connectivity index (χ4n) is 1.21.